The molecule has 0 amide bonds. The highest BCUT2D eigenvalue weighted by Crippen LogP contribution is 2.56. The van der Waals surface area contributed by atoms with E-state index in [0.29, 0.717) is 0 Å². The van der Waals surface area contributed by atoms with E-state index in [1.165, 1.54) is 15.9 Å². The van der Waals surface area contributed by atoms with Crippen LogP contribution >= 0.6 is 18.9 Å². The van der Waals surface area contributed by atoms with E-state index in [0.717, 1.165) is 19.0 Å². The molecule has 3 rings (SSSR count). The quantitative estimate of drug-likeness (QED) is 0.388. The standard InChI is InChI=1S/C23H25ClP/c1-2-20(24)18-19-25(21-12-6-3-7-13-21,22-14-8-4-9-15-22)23-16-10-5-11-17-23/h3-17,20H,2,18-19H2,1H3/q+1. The van der Waals surface area contributed by atoms with E-state index in [2.05, 4.69) is 97.9 Å². The van der Waals surface area contributed by atoms with Gasteiger partial charge in [-0.25, -0.2) is 0 Å². The Kier molecular flexibility index (Phi) is 6.29. The predicted molar refractivity (Wildman–Crippen MR) is 115 cm³/mol. The van der Waals surface area contributed by atoms with Crippen molar-refractivity contribution >= 4 is 34.8 Å². The van der Waals surface area contributed by atoms with Crippen LogP contribution in [0.25, 0.3) is 0 Å². The fraction of sp³-hybridized carbons (Fsp3) is 0.217. The summed E-state index contributed by atoms with van der Waals surface area (Å²) in [7, 11) is -1.70. The molecule has 0 nitrogen and oxygen atoms in total. The van der Waals surface area contributed by atoms with Gasteiger partial charge in [-0.3, -0.25) is 0 Å². The number of hydrogen-bond acceptors (Lipinski definition) is 0. The molecule has 0 aliphatic heterocycles. The van der Waals surface area contributed by atoms with E-state index in [1.54, 1.807) is 0 Å². The van der Waals surface area contributed by atoms with E-state index < -0.39 is 7.26 Å². The molecule has 0 radical (unpaired) electrons. The van der Waals surface area contributed by atoms with Crippen molar-refractivity contribution in [2.45, 2.75) is 25.1 Å². The van der Waals surface area contributed by atoms with Gasteiger partial charge in [0.15, 0.2) is 0 Å². The molecule has 0 saturated carbocycles. The molecule has 1 unspecified atom stereocenters. The van der Waals surface area contributed by atoms with E-state index in [4.69, 9.17) is 11.6 Å². The van der Waals surface area contributed by atoms with Gasteiger partial charge < -0.3 is 0 Å². The van der Waals surface area contributed by atoms with Crippen molar-refractivity contribution in [1.82, 2.24) is 0 Å². The molecule has 3 aromatic carbocycles. The number of benzene rings is 3. The van der Waals surface area contributed by atoms with Crippen LogP contribution in [0.4, 0.5) is 0 Å². The third-order valence-corrected chi connectivity index (χ3v) is 9.81. The van der Waals surface area contributed by atoms with Crippen LogP contribution in [0.3, 0.4) is 0 Å². The molecule has 3 aromatic rings. The lowest BCUT2D eigenvalue weighted by Gasteiger charge is -2.28. The molecule has 0 heterocycles. The Bertz CT molecular complexity index is 659. The van der Waals surface area contributed by atoms with Gasteiger partial charge in [0.25, 0.3) is 0 Å². The van der Waals surface area contributed by atoms with Crippen LogP contribution in [-0.2, 0) is 0 Å². The summed E-state index contributed by atoms with van der Waals surface area (Å²) in [5, 5.41) is 4.54. The largest absolute Gasteiger partial charge is 0.123 e. The molecule has 0 spiro atoms. The van der Waals surface area contributed by atoms with E-state index in [9.17, 15) is 0 Å². The Balaban J connectivity index is 2.20. The van der Waals surface area contributed by atoms with Gasteiger partial charge >= 0.3 is 0 Å². The van der Waals surface area contributed by atoms with Crippen LogP contribution < -0.4 is 15.9 Å². The van der Waals surface area contributed by atoms with Crippen molar-refractivity contribution in [2.24, 2.45) is 0 Å². The van der Waals surface area contributed by atoms with Crippen molar-refractivity contribution in [3.05, 3.63) is 91.0 Å². The second kappa shape index (κ2) is 8.65. The Morgan fingerprint density at radius 2 is 1.04 bits per heavy atom. The highest BCUT2D eigenvalue weighted by molar-refractivity contribution is 7.95. The average Bonchev–Trinajstić information content (AvgIpc) is 2.71. The van der Waals surface area contributed by atoms with Gasteiger partial charge in [-0.2, -0.15) is 0 Å². The first kappa shape index (κ1) is 18.2. The zero-order valence-electron chi connectivity index (χ0n) is 14.7. The first-order valence-electron chi connectivity index (χ1n) is 8.96. The lowest BCUT2D eigenvalue weighted by Crippen LogP contribution is -2.34. The molecule has 0 aliphatic rings. The zero-order chi connectivity index (χ0) is 17.5. The Morgan fingerprint density at radius 1 is 0.680 bits per heavy atom. The molecule has 2 heteroatoms. The summed E-state index contributed by atoms with van der Waals surface area (Å²) in [4.78, 5) is 0. The molecule has 0 aliphatic carbocycles. The molecule has 0 saturated heterocycles. The van der Waals surface area contributed by atoms with E-state index in [1.807, 2.05) is 0 Å². The van der Waals surface area contributed by atoms with Crippen LogP contribution in [0.1, 0.15) is 19.8 Å². The zero-order valence-corrected chi connectivity index (χ0v) is 16.3. The van der Waals surface area contributed by atoms with Crippen LogP contribution in [0.5, 0.6) is 0 Å². The third-order valence-electron chi connectivity index (χ3n) is 4.81. The van der Waals surface area contributed by atoms with Crippen molar-refractivity contribution in [3.8, 4) is 0 Å². The second-order valence-electron chi connectivity index (χ2n) is 6.33. The Hall–Kier alpha value is -1.62. The summed E-state index contributed by atoms with van der Waals surface area (Å²) in [6.45, 7) is 2.17. The molecule has 1 atom stereocenters. The Morgan fingerprint density at radius 3 is 1.36 bits per heavy atom. The van der Waals surface area contributed by atoms with Gasteiger partial charge in [0.05, 0.1) is 6.16 Å². The topological polar surface area (TPSA) is 0 Å². The summed E-state index contributed by atoms with van der Waals surface area (Å²) < 4.78 is 0. The number of halogens is 1. The van der Waals surface area contributed by atoms with Crippen LogP contribution in [0.2, 0.25) is 0 Å². The molecule has 0 aromatic heterocycles. The van der Waals surface area contributed by atoms with E-state index in [-0.39, 0.29) is 5.38 Å². The molecular weight excluding hydrogens is 343 g/mol. The number of rotatable bonds is 7. The fourth-order valence-electron chi connectivity index (χ4n) is 3.42. The highest BCUT2D eigenvalue weighted by atomic mass is 35.5. The van der Waals surface area contributed by atoms with E-state index >= 15 is 0 Å². The molecule has 128 valence electrons. The van der Waals surface area contributed by atoms with Crippen LogP contribution in [-0.4, -0.2) is 11.5 Å². The van der Waals surface area contributed by atoms with Crippen molar-refractivity contribution in [3.63, 3.8) is 0 Å². The van der Waals surface area contributed by atoms with Crippen molar-refractivity contribution in [2.75, 3.05) is 6.16 Å². The van der Waals surface area contributed by atoms with Gasteiger partial charge in [-0.1, -0.05) is 61.5 Å². The monoisotopic (exact) mass is 367 g/mol. The Labute approximate surface area is 157 Å². The predicted octanol–water partition coefficient (Wildman–Crippen LogP) is 5.39. The second-order valence-corrected chi connectivity index (χ2v) is 10.6. The van der Waals surface area contributed by atoms with Gasteiger partial charge in [0, 0.05) is 5.38 Å². The molecular formula is C23H25ClP+. The first-order valence-corrected chi connectivity index (χ1v) is 11.4. The lowest BCUT2D eigenvalue weighted by atomic mass is 10.3. The van der Waals surface area contributed by atoms with Gasteiger partial charge in [0.2, 0.25) is 0 Å². The van der Waals surface area contributed by atoms with Crippen LogP contribution in [0.15, 0.2) is 91.0 Å². The fourth-order valence-corrected chi connectivity index (χ4v) is 8.09. The van der Waals surface area contributed by atoms with Crippen molar-refractivity contribution in [1.29, 1.82) is 0 Å². The lowest BCUT2D eigenvalue weighted by molar-refractivity contribution is 0.786. The maximum atomic E-state index is 6.55. The average molecular weight is 368 g/mol. The van der Waals surface area contributed by atoms with Crippen molar-refractivity contribution < 1.29 is 0 Å². The maximum absolute atomic E-state index is 6.55. The number of alkyl halides is 1. The van der Waals surface area contributed by atoms with Gasteiger partial charge in [0.1, 0.15) is 23.2 Å². The third kappa shape index (κ3) is 3.97. The highest BCUT2D eigenvalue weighted by Gasteiger charge is 2.44. The van der Waals surface area contributed by atoms with Gasteiger partial charge in [-0.15, -0.1) is 11.6 Å². The van der Waals surface area contributed by atoms with Gasteiger partial charge in [-0.05, 0) is 49.2 Å². The summed E-state index contributed by atoms with van der Waals surface area (Å²) in [5.41, 5.74) is 0. The summed E-state index contributed by atoms with van der Waals surface area (Å²) in [6, 6.07) is 33.0. The normalized spacial score (nSPS) is 12.7. The summed E-state index contributed by atoms with van der Waals surface area (Å²) in [5.74, 6) is 0. The molecule has 25 heavy (non-hydrogen) atoms. The minimum absolute atomic E-state index is 0.232. The summed E-state index contributed by atoms with van der Waals surface area (Å²) >= 11 is 6.55. The SMILES string of the molecule is CCC(Cl)CC[P+](c1ccccc1)(c1ccccc1)c1ccccc1. The van der Waals surface area contributed by atoms with Crippen LogP contribution in [0, 0.1) is 0 Å². The maximum Gasteiger partial charge on any atom is 0.112 e. The molecule has 0 fully saturated rings. The minimum atomic E-state index is -1.70. The number of hydrogen-bond donors (Lipinski definition) is 0. The molecule has 0 N–H and O–H groups in total. The molecule has 0 bridgehead atoms. The first-order chi connectivity index (χ1) is 12.3. The minimum Gasteiger partial charge on any atom is -0.123 e. The summed E-state index contributed by atoms with van der Waals surface area (Å²) in [6.07, 6.45) is 3.15. The smallest absolute Gasteiger partial charge is 0.112 e.